The van der Waals surface area contributed by atoms with Gasteiger partial charge in [-0.1, -0.05) is 90.2 Å². The molecule has 1 unspecified atom stereocenters. The van der Waals surface area contributed by atoms with Crippen molar-refractivity contribution in [3.05, 3.63) is 47.9 Å². The summed E-state index contributed by atoms with van der Waals surface area (Å²) in [5.41, 5.74) is 2.66. The van der Waals surface area contributed by atoms with Gasteiger partial charge in [-0.25, -0.2) is 4.39 Å². The maximum absolute atomic E-state index is 14.6. The first kappa shape index (κ1) is 28.3. The molecule has 2 rings (SSSR count). The van der Waals surface area contributed by atoms with Crippen LogP contribution in [0.15, 0.2) is 36.5 Å². The zero-order valence-corrected chi connectivity index (χ0v) is 21.8. The lowest BCUT2D eigenvalue weighted by molar-refractivity contribution is 0.0295. The van der Waals surface area contributed by atoms with Gasteiger partial charge in [-0.15, -0.1) is 0 Å². The number of halogens is 1. The zero-order valence-electron chi connectivity index (χ0n) is 21.8. The van der Waals surface area contributed by atoms with Gasteiger partial charge in [0, 0.05) is 18.4 Å². The normalized spacial score (nSPS) is 12.1. The third kappa shape index (κ3) is 11.0. The molecule has 0 aliphatic carbocycles. The van der Waals surface area contributed by atoms with E-state index in [9.17, 15) is 4.39 Å². The molecule has 0 aliphatic heterocycles. The Labute approximate surface area is 207 Å². The highest BCUT2D eigenvalue weighted by Crippen LogP contribution is 2.31. The minimum atomic E-state index is -0.363. The monoisotopic (exact) mass is 471 g/mol. The Kier molecular flexibility index (Phi) is 14.6. The van der Waals surface area contributed by atoms with E-state index >= 15 is 0 Å². The first-order valence-corrected chi connectivity index (χ1v) is 13.6. The SMILES string of the molecule is CCCCCCCCCCc1ccc(-c2cccc(F)c2OCC(C)OCCCCCC)nc1. The van der Waals surface area contributed by atoms with Crippen LogP contribution in [0.5, 0.6) is 5.75 Å². The number of rotatable bonds is 19. The van der Waals surface area contributed by atoms with Crippen LogP contribution in [0.4, 0.5) is 4.39 Å². The number of hydrogen-bond acceptors (Lipinski definition) is 3. The maximum Gasteiger partial charge on any atom is 0.165 e. The molecule has 1 atom stereocenters. The summed E-state index contributed by atoms with van der Waals surface area (Å²) < 4.78 is 26.3. The summed E-state index contributed by atoms with van der Waals surface area (Å²) >= 11 is 0. The fourth-order valence-corrected chi connectivity index (χ4v) is 4.11. The van der Waals surface area contributed by atoms with E-state index in [1.165, 1.54) is 82.3 Å². The van der Waals surface area contributed by atoms with E-state index in [1.807, 2.05) is 25.3 Å². The number of unbranched alkanes of at least 4 members (excludes halogenated alkanes) is 10. The Morgan fingerprint density at radius 3 is 2.18 bits per heavy atom. The average Bonchev–Trinajstić information content (AvgIpc) is 2.85. The number of nitrogens with zero attached hydrogens (tertiary/aromatic N) is 1. The van der Waals surface area contributed by atoms with Crippen LogP contribution >= 0.6 is 0 Å². The molecule has 0 spiro atoms. The molecule has 0 saturated heterocycles. The predicted molar refractivity (Wildman–Crippen MR) is 141 cm³/mol. The summed E-state index contributed by atoms with van der Waals surface area (Å²) in [5.74, 6) is -0.107. The lowest BCUT2D eigenvalue weighted by Crippen LogP contribution is -2.19. The molecule has 1 aromatic heterocycles. The van der Waals surface area contributed by atoms with Gasteiger partial charge in [0.25, 0.3) is 0 Å². The van der Waals surface area contributed by atoms with Crippen molar-refractivity contribution >= 4 is 0 Å². The van der Waals surface area contributed by atoms with E-state index in [2.05, 4.69) is 24.9 Å². The van der Waals surface area contributed by atoms with E-state index in [4.69, 9.17) is 9.47 Å². The van der Waals surface area contributed by atoms with Crippen molar-refractivity contribution < 1.29 is 13.9 Å². The molecule has 0 N–H and O–H groups in total. The van der Waals surface area contributed by atoms with Gasteiger partial charge >= 0.3 is 0 Å². The Morgan fingerprint density at radius 2 is 1.50 bits per heavy atom. The second-order valence-corrected chi connectivity index (χ2v) is 9.45. The van der Waals surface area contributed by atoms with Gasteiger partial charge in [-0.05, 0) is 49.9 Å². The number of aromatic nitrogens is 1. The third-order valence-corrected chi connectivity index (χ3v) is 6.25. The average molecular weight is 472 g/mol. The largest absolute Gasteiger partial charge is 0.487 e. The van der Waals surface area contributed by atoms with E-state index in [-0.39, 0.29) is 17.7 Å². The Bertz CT molecular complexity index is 778. The van der Waals surface area contributed by atoms with E-state index in [1.54, 1.807) is 6.07 Å². The molecule has 0 fully saturated rings. The Balaban J connectivity index is 1.82. The Morgan fingerprint density at radius 1 is 0.824 bits per heavy atom. The highest BCUT2D eigenvalue weighted by molar-refractivity contribution is 5.67. The van der Waals surface area contributed by atoms with Gasteiger partial charge in [0.1, 0.15) is 6.61 Å². The van der Waals surface area contributed by atoms with Crippen LogP contribution in [-0.4, -0.2) is 24.3 Å². The summed E-state index contributed by atoms with van der Waals surface area (Å²) in [4.78, 5) is 4.63. The van der Waals surface area contributed by atoms with Crippen molar-refractivity contribution in [2.45, 2.75) is 110 Å². The highest BCUT2D eigenvalue weighted by atomic mass is 19.1. The number of aryl methyl sites for hydroxylation is 1. The van der Waals surface area contributed by atoms with Gasteiger partial charge in [0.2, 0.25) is 0 Å². The summed E-state index contributed by atoms with van der Waals surface area (Å²) in [7, 11) is 0. The second-order valence-electron chi connectivity index (χ2n) is 9.45. The Hall–Kier alpha value is -1.94. The molecule has 0 amide bonds. The summed E-state index contributed by atoms with van der Waals surface area (Å²) in [5, 5.41) is 0. The zero-order chi connectivity index (χ0) is 24.4. The van der Waals surface area contributed by atoms with Gasteiger partial charge in [0.05, 0.1) is 11.8 Å². The van der Waals surface area contributed by atoms with Gasteiger partial charge in [0.15, 0.2) is 11.6 Å². The van der Waals surface area contributed by atoms with Crippen LogP contribution in [0.3, 0.4) is 0 Å². The molecule has 34 heavy (non-hydrogen) atoms. The smallest absolute Gasteiger partial charge is 0.165 e. The van der Waals surface area contributed by atoms with E-state index in [0.717, 1.165) is 25.1 Å². The number of ether oxygens (including phenoxy) is 2. The quantitative estimate of drug-likeness (QED) is 0.192. The minimum Gasteiger partial charge on any atom is -0.487 e. The van der Waals surface area contributed by atoms with Gasteiger partial charge < -0.3 is 9.47 Å². The van der Waals surface area contributed by atoms with Crippen LogP contribution in [0.25, 0.3) is 11.3 Å². The van der Waals surface area contributed by atoms with E-state index < -0.39 is 0 Å². The molecule has 0 aliphatic rings. The number of hydrogen-bond donors (Lipinski definition) is 0. The number of benzene rings is 1. The molecular formula is C30H46FNO2. The molecule has 0 bridgehead atoms. The fourth-order valence-electron chi connectivity index (χ4n) is 4.11. The summed E-state index contributed by atoms with van der Waals surface area (Å²) in [6.07, 6.45) is 18.1. The molecule has 0 saturated carbocycles. The van der Waals surface area contributed by atoms with Crippen molar-refractivity contribution in [3.8, 4) is 17.0 Å². The number of para-hydroxylation sites is 1. The minimum absolute atomic E-state index is 0.0870. The molecule has 3 nitrogen and oxygen atoms in total. The second kappa shape index (κ2) is 17.5. The molecule has 190 valence electrons. The molecule has 1 aromatic carbocycles. The predicted octanol–water partition coefficient (Wildman–Crippen LogP) is 8.94. The van der Waals surface area contributed by atoms with Crippen LogP contribution in [0, 0.1) is 5.82 Å². The fraction of sp³-hybridized carbons (Fsp3) is 0.633. The first-order valence-electron chi connectivity index (χ1n) is 13.6. The van der Waals surface area contributed by atoms with Crippen molar-refractivity contribution in [1.29, 1.82) is 0 Å². The van der Waals surface area contributed by atoms with Crippen LogP contribution < -0.4 is 4.74 Å². The topological polar surface area (TPSA) is 31.4 Å². The maximum atomic E-state index is 14.6. The summed E-state index contributed by atoms with van der Waals surface area (Å²) in [6.45, 7) is 7.46. The molecule has 4 heteroatoms. The first-order chi connectivity index (χ1) is 16.7. The molecular weight excluding hydrogens is 425 g/mol. The van der Waals surface area contributed by atoms with Crippen LogP contribution in [-0.2, 0) is 11.2 Å². The van der Waals surface area contributed by atoms with Gasteiger partial charge in [-0.2, -0.15) is 0 Å². The number of pyridine rings is 1. The lowest BCUT2D eigenvalue weighted by Gasteiger charge is -2.17. The lowest BCUT2D eigenvalue weighted by atomic mass is 10.0. The molecule has 0 radical (unpaired) electrons. The van der Waals surface area contributed by atoms with Crippen LogP contribution in [0.2, 0.25) is 0 Å². The van der Waals surface area contributed by atoms with Crippen LogP contribution in [0.1, 0.15) is 103 Å². The van der Waals surface area contributed by atoms with Crippen molar-refractivity contribution in [3.63, 3.8) is 0 Å². The molecule has 2 aromatic rings. The van der Waals surface area contributed by atoms with Crippen molar-refractivity contribution in [1.82, 2.24) is 4.98 Å². The third-order valence-electron chi connectivity index (χ3n) is 6.25. The van der Waals surface area contributed by atoms with Gasteiger partial charge in [-0.3, -0.25) is 4.98 Å². The summed E-state index contributed by atoms with van der Waals surface area (Å²) in [6, 6.07) is 9.11. The highest BCUT2D eigenvalue weighted by Gasteiger charge is 2.14. The standard InChI is InChI=1S/C30H46FNO2/c1-4-6-8-10-11-12-13-14-17-26-20-21-29(32-23-26)27-18-16-19-28(31)30(27)34-24-25(3)33-22-15-9-7-5-2/h16,18-21,23,25H,4-15,17,22,24H2,1-3H3. The molecule has 1 heterocycles. The van der Waals surface area contributed by atoms with Crippen molar-refractivity contribution in [2.75, 3.05) is 13.2 Å². The van der Waals surface area contributed by atoms with Crippen molar-refractivity contribution in [2.24, 2.45) is 0 Å². The van der Waals surface area contributed by atoms with E-state index in [0.29, 0.717) is 12.2 Å².